The minimum absolute atomic E-state index is 0.147. The van der Waals surface area contributed by atoms with Gasteiger partial charge in [0, 0.05) is 18.2 Å². The van der Waals surface area contributed by atoms with Crippen LogP contribution in [0.1, 0.15) is 40.7 Å². The van der Waals surface area contributed by atoms with Crippen LogP contribution in [0.15, 0.2) is 42.5 Å². The molecule has 2 aromatic rings. The van der Waals surface area contributed by atoms with Crippen molar-refractivity contribution in [2.24, 2.45) is 0 Å². The van der Waals surface area contributed by atoms with Crippen LogP contribution >= 0.6 is 0 Å². The highest BCUT2D eigenvalue weighted by Crippen LogP contribution is 2.10. The van der Waals surface area contributed by atoms with Crippen LogP contribution in [-0.2, 0) is 13.1 Å². The molecular formula is C20H23F2N2O+. The van der Waals surface area contributed by atoms with E-state index < -0.39 is 17.5 Å². The lowest BCUT2D eigenvalue weighted by molar-refractivity contribution is -0.918. The average Bonchev–Trinajstić information content (AvgIpc) is 2.62. The van der Waals surface area contributed by atoms with E-state index in [4.69, 9.17) is 0 Å². The van der Waals surface area contributed by atoms with E-state index >= 15 is 0 Å². The third kappa shape index (κ3) is 4.86. The topological polar surface area (TPSA) is 33.5 Å². The SMILES string of the molecule is O=C(NCc1ccc(C[NH+]2CCCCC2)cc1)c1ccc(F)cc1F. The van der Waals surface area contributed by atoms with Crippen molar-refractivity contribution in [2.45, 2.75) is 32.4 Å². The van der Waals surface area contributed by atoms with E-state index in [2.05, 4.69) is 17.4 Å². The van der Waals surface area contributed by atoms with E-state index in [1.165, 1.54) is 37.9 Å². The summed E-state index contributed by atoms with van der Waals surface area (Å²) in [6.45, 7) is 3.82. The molecule has 25 heavy (non-hydrogen) atoms. The Balaban J connectivity index is 1.53. The first-order valence-electron chi connectivity index (χ1n) is 8.76. The molecule has 0 spiro atoms. The average molecular weight is 345 g/mol. The maximum atomic E-state index is 13.6. The summed E-state index contributed by atoms with van der Waals surface area (Å²) >= 11 is 0. The van der Waals surface area contributed by atoms with Crippen molar-refractivity contribution >= 4 is 5.91 Å². The van der Waals surface area contributed by atoms with Gasteiger partial charge in [-0.1, -0.05) is 24.3 Å². The van der Waals surface area contributed by atoms with Gasteiger partial charge in [0.2, 0.25) is 0 Å². The first-order valence-corrected chi connectivity index (χ1v) is 8.76. The van der Waals surface area contributed by atoms with Crippen LogP contribution in [0, 0.1) is 11.6 Å². The monoisotopic (exact) mass is 345 g/mol. The van der Waals surface area contributed by atoms with Gasteiger partial charge in [0.15, 0.2) is 0 Å². The number of hydrogen-bond acceptors (Lipinski definition) is 1. The van der Waals surface area contributed by atoms with E-state index in [1.54, 1.807) is 4.90 Å². The zero-order chi connectivity index (χ0) is 17.6. The molecule has 2 N–H and O–H groups in total. The summed E-state index contributed by atoms with van der Waals surface area (Å²) in [5.74, 6) is -2.09. The van der Waals surface area contributed by atoms with Crippen molar-refractivity contribution in [3.05, 3.63) is 70.8 Å². The molecule has 5 heteroatoms. The Labute approximate surface area is 146 Å². The number of amides is 1. The molecule has 132 valence electrons. The Hall–Kier alpha value is -2.27. The highest BCUT2D eigenvalue weighted by Gasteiger charge is 2.14. The lowest BCUT2D eigenvalue weighted by atomic mass is 10.1. The zero-order valence-corrected chi connectivity index (χ0v) is 14.2. The number of halogens is 2. The van der Waals surface area contributed by atoms with Crippen molar-refractivity contribution in [1.82, 2.24) is 5.32 Å². The van der Waals surface area contributed by atoms with Gasteiger partial charge in [-0.2, -0.15) is 0 Å². The Morgan fingerprint density at radius 2 is 1.64 bits per heavy atom. The quantitative estimate of drug-likeness (QED) is 0.858. The van der Waals surface area contributed by atoms with Gasteiger partial charge < -0.3 is 10.2 Å². The zero-order valence-electron chi connectivity index (χ0n) is 14.2. The van der Waals surface area contributed by atoms with E-state index in [0.29, 0.717) is 12.6 Å². The number of likely N-dealkylation sites (tertiary alicyclic amines) is 1. The molecule has 0 radical (unpaired) electrons. The van der Waals surface area contributed by atoms with Crippen molar-refractivity contribution < 1.29 is 18.5 Å². The molecule has 2 aromatic carbocycles. The van der Waals surface area contributed by atoms with Crippen LogP contribution in [0.2, 0.25) is 0 Å². The molecule has 0 unspecified atom stereocenters. The van der Waals surface area contributed by atoms with Crippen LogP contribution in [0.25, 0.3) is 0 Å². The van der Waals surface area contributed by atoms with E-state index in [-0.39, 0.29) is 5.56 Å². The summed E-state index contributed by atoms with van der Waals surface area (Å²) < 4.78 is 26.5. The smallest absolute Gasteiger partial charge is 0.254 e. The van der Waals surface area contributed by atoms with Crippen LogP contribution in [-0.4, -0.2) is 19.0 Å². The Bertz CT molecular complexity index is 725. The third-order valence-corrected chi connectivity index (χ3v) is 4.67. The fourth-order valence-electron chi connectivity index (χ4n) is 3.24. The number of benzene rings is 2. The largest absolute Gasteiger partial charge is 0.348 e. The van der Waals surface area contributed by atoms with Gasteiger partial charge in [0.1, 0.15) is 18.2 Å². The minimum atomic E-state index is -0.850. The maximum Gasteiger partial charge on any atom is 0.254 e. The summed E-state index contributed by atoms with van der Waals surface area (Å²) in [5.41, 5.74) is 2.09. The Morgan fingerprint density at radius 1 is 0.960 bits per heavy atom. The molecule has 1 saturated heterocycles. The number of nitrogens with one attached hydrogen (secondary N) is 2. The van der Waals surface area contributed by atoms with Gasteiger partial charge in [-0.15, -0.1) is 0 Å². The fourth-order valence-corrected chi connectivity index (χ4v) is 3.24. The predicted octanol–water partition coefficient (Wildman–Crippen LogP) is 2.46. The molecular weight excluding hydrogens is 322 g/mol. The van der Waals surface area contributed by atoms with Crippen LogP contribution in [0.5, 0.6) is 0 Å². The van der Waals surface area contributed by atoms with Gasteiger partial charge in [0.05, 0.1) is 18.7 Å². The minimum Gasteiger partial charge on any atom is -0.348 e. The van der Waals surface area contributed by atoms with Crippen molar-refractivity contribution in [3.8, 4) is 0 Å². The maximum absolute atomic E-state index is 13.6. The molecule has 1 amide bonds. The van der Waals surface area contributed by atoms with Gasteiger partial charge in [-0.25, -0.2) is 8.78 Å². The normalized spacial score (nSPS) is 15.1. The molecule has 1 aliphatic heterocycles. The molecule has 0 aliphatic carbocycles. The van der Waals surface area contributed by atoms with Crippen molar-refractivity contribution in [2.75, 3.05) is 13.1 Å². The molecule has 3 rings (SSSR count). The van der Waals surface area contributed by atoms with Crippen molar-refractivity contribution in [1.29, 1.82) is 0 Å². The predicted molar refractivity (Wildman–Crippen MR) is 92.2 cm³/mol. The van der Waals surface area contributed by atoms with E-state index in [9.17, 15) is 13.6 Å². The molecule has 3 nitrogen and oxygen atoms in total. The second-order valence-electron chi connectivity index (χ2n) is 6.61. The van der Waals surface area contributed by atoms with Gasteiger partial charge in [0.25, 0.3) is 5.91 Å². The standard InChI is InChI=1S/C20H22F2N2O/c21-17-8-9-18(19(22)12-17)20(25)23-13-15-4-6-16(7-5-15)14-24-10-2-1-3-11-24/h4-9,12H,1-3,10-11,13-14H2,(H,23,25)/p+1. The molecule has 1 fully saturated rings. The molecule has 0 aromatic heterocycles. The van der Waals surface area contributed by atoms with Crippen molar-refractivity contribution in [3.63, 3.8) is 0 Å². The fraction of sp³-hybridized carbons (Fsp3) is 0.350. The summed E-state index contributed by atoms with van der Waals surface area (Å²) in [5, 5.41) is 2.67. The summed E-state index contributed by atoms with van der Waals surface area (Å²) in [6.07, 6.45) is 3.95. The third-order valence-electron chi connectivity index (χ3n) is 4.67. The highest BCUT2D eigenvalue weighted by molar-refractivity contribution is 5.94. The van der Waals surface area contributed by atoms with Crippen LogP contribution in [0.3, 0.4) is 0 Å². The summed E-state index contributed by atoms with van der Waals surface area (Å²) in [4.78, 5) is 13.6. The molecule has 0 bridgehead atoms. The molecule has 0 atom stereocenters. The Kier molecular flexibility index (Phi) is 5.76. The highest BCUT2D eigenvalue weighted by atomic mass is 19.1. The molecule has 1 heterocycles. The first kappa shape index (κ1) is 17.5. The summed E-state index contributed by atoms with van der Waals surface area (Å²) in [7, 11) is 0. The number of carbonyl (C=O) groups is 1. The van der Waals surface area contributed by atoms with E-state index in [1.807, 2.05) is 12.1 Å². The van der Waals surface area contributed by atoms with Gasteiger partial charge in [-0.3, -0.25) is 4.79 Å². The Morgan fingerprint density at radius 3 is 2.32 bits per heavy atom. The molecule has 0 saturated carbocycles. The lowest BCUT2D eigenvalue weighted by Crippen LogP contribution is -3.11. The summed E-state index contributed by atoms with van der Waals surface area (Å²) in [6, 6.07) is 11.1. The van der Waals surface area contributed by atoms with Crippen LogP contribution < -0.4 is 10.2 Å². The number of rotatable bonds is 5. The number of hydrogen-bond donors (Lipinski definition) is 2. The second-order valence-corrected chi connectivity index (χ2v) is 6.61. The van der Waals surface area contributed by atoms with E-state index in [0.717, 1.165) is 24.2 Å². The first-order chi connectivity index (χ1) is 12.1. The number of quaternary nitrogens is 1. The van der Waals surface area contributed by atoms with Gasteiger partial charge >= 0.3 is 0 Å². The second kappa shape index (κ2) is 8.21. The number of piperidine rings is 1. The van der Waals surface area contributed by atoms with Gasteiger partial charge in [-0.05, 0) is 37.0 Å². The number of carbonyl (C=O) groups excluding carboxylic acids is 1. The van der Waals surface area contributed by atoms with Crippen LogP contribution in [0.4, 0.5) is 8.78 Å². The molecule has 1 aliphatic rings. The lowest BCUT2D eigenvalue weighted by Gasteiger charge is -2.23.